The quantitative estimate of drug-likeness (QED) is 0.478. The summed E-state index contributed by atoms with van der Waals surface area (Å²) in [6.07, 6.45) is 0.622. The first kappa shape index (κ1) is 12.7. The van der Waals surface area contributed by atoms with E-state index in [1.54, 1.807) is 7.05 Å². The average molecular weight is 231 g/mol. The van der Waals surface area contributed by atoms with E-state index in [0.717, 1.165) is 12.1 Å². The molecule has 0 aromatic heterocycles. The SMILES string of the molecule is CNCCCC(=O)c1ccc(F)c(F)c1F. The van der Waals surface area contributed by atoms with Crippen molar-refractivity contribution < 1.29 is 18.0 Å². The van der Waals surface area contributed by atoms with Crippen LogP contribution in [-0.2, 0) is 0 Å². The van der Waals surface area contributed by atoms with Gasteiger partial charge in [0.1, 0.15) is 0 Å². The first-order chi connectivity index (χ1) is 7.57. The van der Waals surface area contributed by atoms with Crippen molar-refractivity contribution in [3.8, 4) is 0 Å². The van der Waals surface area contributed by atoms with Crippen molar-refractivity contribution in [1.82, 2.24) is 5.32 Å². The fraction of sp³-hybridized carbons (Fsp3) is 0.364. The monoisotopic (exact) mass is 231 g/mol. The van der Waals surface area contributed by atoms with E-state index < -0.39 is 28.8 Å². The summed E-state index contributed by atoms with van der Waals surface area (Å²) in [4.78, 5) is 11.4. The number of benzene rings is 1. The van der Waals surface area contributed by atoms with E-state index in [1.807, 2.05) is 0 Å². The van der Waals surface area contributed by atoms with Gasteiger partial charge in [0.2, 0.25) is 0 Å². The third-order valence-corrected chi connectivity index (χ3v) is 2.17. The van der Waals surface area contributed by atoms with Crippen LogP contribution in [0.5, 0.6) is 0 Å². The van der Waals surface area contributed by atoms with Crippen molar-refractivity contribution >= 4 is 5.78 Å². The fourth-order valence-corrected chi connectivity index (χ4v) is 1.30. The lowest BCUT2D eigenvalue weighted by Crippen LogP contribution is -2.11. The van der Waals surface area contributed by atoms with Gasteiger partial charge in [-0.1, -0.05) is 0 Å². The second kappa shape index (κ2) is 5.65. The molecule has 0 heterocycles. The summed E-state index contributed by atoms with van der Waals surface area (Å²) in [6, 6.07) is 1.72. The molecule has 0 aliphatic heterocycles. The van der Waals surface area contributed by atoms with E-state index in [-0.39, 0.29) is 6.42 Å². The van der Waals surface area contributed by atoms with Crippen molar-refractivity contribution in [2.45, 2.75) is 12.8 Å². The standard InChI is InChI=1S/C11H12F3NO/c1-15-6-2-3-9(16)7-4-5-8(12)11(14)10(7)13/h4-5,15H,2-3,6H2,1H3. The molecule has 0 aliphatic carbocycles. The van der Waals surface area contributed by atoms with Crippen LogP contribution in [0.25, 0.3) is 0 Å². The van der Waals surface area contributed by atoms with E-state index in [9.17, 15) is 18.0 Å². The predicted molar refractivity (Wildman–Crippen MR) is 53.8 cm³/mol. The number of halogens is 3. The molecule has 1 aromatic rings. The molecule has 1 aromatic carbocycles. The summed E-state index contributed by atoms with van der Waals surface area (Å²) >= 11 is 0. The number of carbonyl (C=O) groups excluding carboxylic acids is 1. The topological polar surface area (TPSA) is 29.1 Å². The molecule has 0 fully saturated rings. The Morgan fingerprint density at radius 2 is 1.94 bits per heavy atom. The molecule has 0 bridgehead atoms. The molecule has 0 saturated heterocycles. The average Bonchev–Trinajstić information content (AvgIpc) is 2.26. The van der Waals surface area contributed by atoms with E-state index in [0.29, 0.717) is 13.0 Å². The van der Waals surface area contributed by atoms with Gasteiger partial charge in [0.25, 0.3) is 0 Å². The first-order valence-electron chi connectivity index (χ1n) is 4.89. The molecular formula is C11H12F3NO. The molecule has 1 N–H and O–H groups in total. The number of Topliss-reactive ketones (excluding diaryl/α,β-unsaturated/α-hetero) is 1. The highest BCUT2D eigenvalue weighted by Crippen LogP contribution is 2.17. The summed E-state index contributed by atoms with van der Waals surface area (Å²) in [7, 11) is 1.72. The first-order valence-corrected chi connectivity index (χ1v) is 4.89. The maximum absolute atomic E-state index is 13.2. The van der Waals surface area contributed by atoms with Crippen LogP contribution in [-0.4, -0.2) is 19.4 Å². The highest BCUT2D eigenvalue weighted by atomic mass is 19.2. The van der Waals surface area contributed by atoms with E-state index in [4.69, 9.17) is 0 Å². The fourth-order valence-electron chi connectivity index (χ4n) is 1.30. The molecule has 5 heteroatoms. The van der Waals surface area contributed by atoms with Crippen LogP contribution in [0, 0.1) is 17.5 Å². The van der Waals surface area contributed by atoms with Gasteiger partial charge < -0.3 is 5.32 Å². The van der Waals surface area contributed by atoms with Crippen LogP contribution in [0.1, 0.15) is 23.2 Å². The zero-order valence-electron chi connectivity index (χ0n) is 8.82. The van der Waals surface area contributed by atoms with Gasteiger partial charge in [-0.2, -0.15) is 0 Å². The summed E-state index contributed by atoms with van der Waals surface area (Å²) in [5, 5.41) is 2.83. The summed E-state index contributed by atoms with van der Waals surface area (Å²) in [5.41, 5.74) is -0.394. The van der Waals surface area contributed by atoms with Crippen LogP contribution in [0.3, 0.4) is 0 Å². The van der Waals surface area contributed by atoms with Crippen molar-refractivity contribution in [3.63, 3.8) is 0 Å². The Bertz CT molecular complexity index is 393. The highest BCUT2D eigenvalue weighted by Gasteiger charge is 2.17. The van der Waals surface area contributed by atoms with E-state index >= 15 is 0 Å². The number of ketones is 1. The highest BCUT2D eigenvalue weighted by molar-refractivity contribution is 5.96. The van der Waals surface area contributed by atoms with Crippen molar-refractivity contribution in [2.75, 3.05) is 13.6 Å². The van der Waals surface area contributed by atoms with Crippen molar-refractivity contribution in [1.29, 1.82) is 0 Å². The largest absolute Gasteiger partial charge is 0.320 e. The van der Waals surface area contributed by atoms with Crippen molar-refractivity contribution in [2.24, 2.45) is 0 Å². The minimum atomic E-state index is -1.60. The molecule has 88 valence electrons. The van der Waals surface area contributed by atoms with Crippen LogP contribution in [0.4, 0.5) is 13.2 Å². The second-order valence-electron chi connectivity index (χ2n) is 3.35. The zero-order valence-corrected chi connectivity index (χ0v) is 8.82. The zero-order chi connectivity index (χ0) is 12.1. The van der Waals surface area contributed by atoms with Gasteiger partial charge in [0, 0.05) is 6.42 Å². The molecule has 2 nitrogen and oxygen atoms in total. The lowest BCUT2D eigenvalue weighted by atomic mass is 10.1. The van der Waals surface area contributed by atoms with Gasteiger partial charge in [-0.3, -0.25) is 4.79 Å². The Morgan fingerprint density at radius 1 is 1.25 bits per heavy atom. The Hall–Kier alpha value is -1.36. The maximum atomic E-state index is 13.2. The smallest absolute Gasteiger partial charge is 0.195 e. The number of hydrogen-bond acceptors (Lipinski definition) is 2. The van der Waals surface area contributed by atoms with Crippen LogP contribution in [0.2, 0.25) is 0 Å². The summed E-state index contributed by atoms with van der Waals surface area (Å²) in [5.74, 6) is -4.81. The Labute approximate surface area is 91.5 Å². The van der Waals surface area contributed by atoms with E-state index in [1.165, 1.54) is 0 Å². The number of rotatable bonds is 5. The molecular weight excluding hydrogens is 219 g/mol. The second-order valence-corrected chi connectivity index (χ2v) is 3.35. The number of nitrogens with one attached hydrogen (secondary N) is 1. The lowest BCUT2D eigenvalue weighted by Gasteiger charge is -2.03. The normalized spacial score (nSPS) is 10.5. The number of carbonyl (C=O) groups is 1. The third kappa shape index (κ3) is 2.82. The van der Waals surface area contributed by atoms with Gasteiger partial charge in [-0.05, 0) is 32.1 Å². The maximum Gasteiger partial charge on any atom is 0.195 e. The molecule has 0 unspecified atom stereocenters. The van der Waals surface area contributed by atoms with Gasteiger partial charge in [-0.15, -0.1) is 0 Å². The predicted octanol–water partition coefficient (Wildman–Crippen LogP) is 2.29. The Balaban J connectivity index is 2.80. The number of hydrogen-bond donors (Lipinski definition) is 1. The van der Waals surface area contributed by atoms with Gasteiger partial charge in [0.05, 0.1) is 5.56 Å². The van der Waals surface area contributed by atoms with Gasteiger partial charge in [0.15, 0.2) is 23.2 Å². The van der Waals surface area contributed by atoms with Crippen LogP contribution >= 0.6 is 0 Å². The van der Waals surface area contributed by atoms with Crippen LogP contribution in [0.15, 0.2) is 12.1 Å². The Morgan fingerprint density at radius 3 is 2.56 bits per heavy atom. The minimum absolute atomic E-state index is 0.100. The molecule has 0 amide bonds. The van der Waals surface area contributed by atoms with Crippen molar-refractivity contribution in [3.05, 3.63) is 35.1 Å². The summed E-state index contributed by atoms with van der Waals surface area (Å²) < 4.78 is 38.6. The summed E-state index contributed by atoms with van der Waals surface area (Å²) in [6.45, 7) is 0.608. The Kier molecular flexibility index (Phi) is 4.49. The minimum Gasteiger partial charge on any atom is -0.320 e. The van der Waals surface area contributed by atoms with E-state index in [2.05, 4.69) is 5.32 Å². The molecule has 0 spiro atoms. The molecule has 0 radical (unpaired) electrons. The lowest BCUT2D eigenvalue weighted by molar-refractivity contribution is 0.0975. The molecule has 16 heavy (non-hydrogen) atoms. The third-order valence-electron chi connectivity index (χ3n) is 2.17. The van der Waals surface area contributed by atoms with Crippen LogP contribution < -0.4 is 5.32 Å². The van der Waals surface area contributed by atoms with Gasteiger partial charge >= 0.3 is 0 Å². The van der Waals surface area contributed by atoms with Gasteiger partial charge in [-0.25, -0.2) is 13.2 Å². The molecule has 0 atom stereocenters. The molecule has 0 saturated carbocycles. The molecule has 0 aliphatic rings. The molecule has 1 rings (SSSR count).